The van der Waals surface area contributed by atoms with E-state index in [4.69, 9.17) is 19.2 Å². The minimum Gasteiger partial charge on any atom is -1.00 e. The van der Waals surface area contributed by atoms with Crippen LogP contribution in [0.1, 0.15) is 2.85 Å². The van der Waals surface area contributed by atoms with Gasteiger partial charge < -0.3 is 17.5 Å². The Kier molecular flexibility index (Phi) is 26.9. The summed E-state index contributed by atoms with van der Waals surface area (Å²) in [7, 11) is -4.64. The van der Waals surface area contributed by atoms with Crippen LogP contribution >= 0.6 is 24.8 Å². The van der Waals surface area contributed by atoms with E-state index in [2.05, 4.69) is 0 Å². The van der Waals surface area contributed by atoms with Crippen molar-refractivity contribution in [3.63, 3.8) is 0 Å². The fraction of sp³-hybridized carbons (Fsp3) is 0. The quantitative estimate of drug-likeness (QED) is 0.284. The average molecular weight is 227 g/mol. The van der Waals surface area contributed by atoms with Crippen molar-refractivity contribution in [2.45, 2.75) is 0 Å². The van der Waals surface area contributed by atoms with Crippen molar-refractivity contribution in [3.05, 3.63) is 0 Å². The second kappa shape index (κ2) is 9.59. The molecule has 4 nitrogen and oxygen atoms in total. The Hall–Kier alpha value is 2.59. The van der Waals surface area contributed by atoms with Crippen LogP contribution in [0.15, 0.2) is 0 Å². The fourth-order valence-corrected chi connectivity index (χ4v) is 0. The van der Waals surface area contributed by atoms with Crippen molar-refractivity contribution < 1.29 is 81.2 Å². The zero-order chi connectivity index (χ0) is 4.50. The first kappa shape index (κ1) is 22.4. The summed E-state index contributed by atoms with van der Waals surface area (Å²) in [6, 6.07) is 0. The van der Waals surface area contributed by atoms with Crippen molar-refractivity contribution in [3.8, 4) is 0 Å². The number of hydrogen-bond acceptors (Lipinski definition) is 1. The topological polar surface area (TPSA) is 77.8 Å². The molecular weight excluding hydrogens is 221 g/mol. The Labute approximate surface area is 105 Å². The van der Waals surface area contributed by atoms with Crippen LogP contribution in [-0.4, -0.2) is 14.7 Å². The molecule has 0 rings (SSSR count). The predicted octanol–water partition coefficient (Wildman–Crippen LogP) is -6.12. The van der Waals surface area contributed by atoms with E-state index in [-0.39, 0.29) is 78.9 Å². The van der Waals surface area contributed by atoms with Crippen molar-refractivity contribution in [2.24, 2.45) is 0 Å². The molecule has 0 heterocycles. The van der Waals surface area contributed by atoms with Gasteiger partial charge in [-0.05, 0) is 0 Å². The van der Waals surface area contributed by atoms with Gasteiger partial charge in [0.2, 0.25) is 0 Å². The molecule has 3 N–H and O–H groups in total. The molecule has 8 heavy (non-hydrogen) atoms. The third-order valence-corrected chi connectivity index (χ3v) is 0. The van der Waals surface area contributed by atoms with E-state index in [1.54, 1.807) is 0 Å². The van der Waals surface area contributed by atoms with Crippen LogP contribution in [-0.2, 0) is 4.57 Å². The van der Waals surface area contributed by atoms with E-state index in [1.807, 2.05) is 0 Å². The Morgan fingerprint density at radius 2 is 1.12 bits per heavy atom. The Morgan fingerprint density at radius 1 is 1.12 bits per heavy atom. The van der Waals surface area contributed by atoms with Crippen LogP contribution in [0.5, 0.6) is 0 Å². The first-order valence-corrected chi connectivity index (χ1v) is 2.35. The summed E-state index contributed by atoms with van der Waals surface area (Å²) < 4.78 is 8.88. The maximum atomic E-state index is 8.88. The average Bonchev–Trinajstić information content (AvgIpc) is 0.722. The van der Waals surface area contributed by atoms with Gasteiger partial charge in [-0.3, -0.25) is 0 Å². The summed E-state index contributed by atoms with van der Waals surface area (Å²) in [5, 5.41) is 0. The summed E-state index contributed by atoms with van der Waals surface area (Å²) in [5.41, 5.74) is 0. The summed E-state index contributed by atoms with van der Waals surface area (Å²) in [6.45, 7) is 0. The standard InChI is InChI=1S/BrH.2Na.H3O4P.2H/c;;;1-5(2,3)4;;/h1H;;;(H3,1,2,3,4);;/q;2*+1;;2*-1. The second-order valence-corrected chi connectivity index (χ2v) is 1.54. The molecule has 0 aromatic carbocycles. The third kappa shape index (κ3) is 73.8. The molecule has 0 aliphatic rings. The van der Waals surface area contributed by atoms with E-state index in [1.165, 1.54) is 0 Å². The van der Waals surface area contributed by atoms with E-state index in [0.29, 0.717) is 0 Å². The van der Waals surface area contributed by atoms with Crippen LogP contribution in [0, 0.1) is 0 Å². The summed E-state index contributed by atoms with van der Waals surface area (Å²) in [6.07, 6.45) is 0. The van der Waals surface area contributed by atoms with Crippen molar-refractivity contribution in [1.82, 2.24) is 0 Å². The third-order valence-electron chi connectivity index (χ3n) is 0. The molecule has 0 radical (unpaired) electrons. The molecule has 0 saturated carbocycles. The van der Waals surface area contributed by atoms with E-state index in [9.17, 15) is 0 Å². The van der Waals surface area contributed by atoms with Crippen molar-refractivity contribution in [2.75, 3.05) is 0 Å². The summed E-state index contributed by atoms with van der Waals surface area (Å²) in [4.78, 5) is 21.6. The molecule has 44 valence electrons. The first-order chi connectivity index (χ1) is 2.00. The molecule has 0 aromatic heterocycles. The van der Waals surface area contributed by atoms with Crippen LogP contribution in [0.2, 0.25) is 0 Å². The minimum atomic E-state index is -4.64. The number of halogens is 1. The molecule has 0 spiro atoms. The smallest absolute Gasteiger partial charge is 1.00 e. The Balaban J connectivity index is -0.00000000800. The molecule has 0 aliphatic heterocycles. The monoisotopic (exact) mass is 226 g/mol. The van der Waals surface area contributed by atoms with Crippen LogP contribution < -0.4 is 59.1 Å². The molecule has 0 unspecified atom stereocenters. The van der Waals surface area contributed by atoms with Crippen molar-refractivity contribution >= 4 is 24.8 Å². The van der Waals surface area contributed by atoms with Gasteiger partial charge in [-0.2, -0.15) is 0 Å². The molecule has 0 saturated heterocycles. The van der Waals surface area contributed by atoms with Gasteiger partial charge in [0.15, 0.2) is 0 Å². The Bertz CT molecular complexity index is 67.4. The molecule has 0 aliphatic carbocycles. The largest absolute Gasteiger partial charge is 1.00 e. The van der Waals surface area contributed by atoms with Crippen LogP contribution in [0.4, 0.5) is 0 Å². The van der Waals surface area contributed by atoms with Gasteiger partial charge in [0.05, 0.1) is 0 Å². The van der Waals surface area contributed by atoms with Gasteiger partial charge in [0.25, 0.3) is 0 Å². The predicted molar refractivity (Wildman–Crippen MR) is 26.8 cm³/mol. The number of phosphoric acid groups is 1. The zero-order valence-corrected chi connectivity index (χ0v) is 11.2. The van der Waals surface area contributed by atoms with Gasteiger partial charge in [0, 0.05) is 0 Å². The maximum Gasteiger partial charge on any atom is 1.00 e. The molecular formula is H6BrNa2O4P. The summed E-state index contributed by atoms with van der Waals surface area (Å²) >= 11 is 0. The molecule has 0 fully saturated rings. The van der Waals surface area contributed by atoms with Crippen LogP contribution in [0.25, 0.3) is 0 Å². The normalized spacial score (nSPS) is 7.38. The Morgan fingerprint density at radius 3 is 1.12 bits per heavy atom. The van der Waals surface area contributed by atoms with Gasteiger partial charge in [-0.25, -0.2) is 4.57 Å². The van der Waals surface area contributed by atoms with Gasteiger partial charge in [-0.15, -0.1) is 17.0 Å². The van der Waals surface area contributed by atoms with Crippen LogP contribution in [0.3, 0.4) is 0 Å². The first-order valence-electron chi connectivity index (χ1n) is 0.783. The number of rotatable bonds is 0. The fourth-order valence-electron chi connectivity index (χ4n) is 0. The zero-order valence-electron chi connectivity index (χ0n) is 6.61. The van der Waals surface area contributed by atoms with Gasteiger partial charge in [-0.1, -0.05) is 0 Å². The van der Waals surface area contributed by atoms with Gasteiger partial charge in [0.1, 0.15) is 0 Å². The molecule has 0 amide bonds. The van der Waals surface area contributed by atoms with Crippen molar-refractivity contribution in [1.29, 1.82) is 0 Å². The van der Waals surface area contributed by atoms with Gasteiger partial charge >= 0.3 is 66.9 Å². The molecule has 0 atom stereocenters. The van der Waals surface area contributed by atoms with E-state index >= 15 is 0 Å². The number of hydrogen-bond donors (Lipinski definition) is 3. The van der Waals surface area contributed by atoms with E-state index in [0.717, 1.165) is 0 Å². The molecule has 0 bridgehead atoms. The second-order valence-electron chi connectivity index (χ2n) is 0.513. The molecule has 0 aromatic rings. The minimum absolute atomic E-state index is 0. The SMILES string of the molecule is Br.O=P(O)(O)O.[H-].[H-].[Na+].[Na+]. The maximum absolute atomic E-state index is 8.88. The summed E-state index contributed by atoms with van der Waals surface area (Å²) in [5.74, 6) is 0. The molecule has 8 heteroatoms. The van der Waals surface area contributed by atoms with E-state index < -0.39 is 7.82 Å².